The normalized spacial score (nSPS) is 35.4. The fourth-order valence-electron chi connectivity index (χ4n) is 3.40. The molecular weight excluding hydrogens is 222 g/mol. The standard InChI is InChI=1S/C12H19NO4/c1-7-9-2-8(3-9)4-10(7)13(5-11(14)15)6-12(16)17/h7-10H,2-6H2,1H3,(H,14,15)(H,16,17)/t7-,8?,9?,10-/m0/s1. The van der Waals surface area contributed by atoms with Crippen LogP contribution in [-0.4, -0.2) is 46.2 Å². The van der Waals surface area contributed by atoms with E-state index in [1.165, 1.54) is 12.8 Å². The molecule has 3 aliphatic carbocycles. The minimum atomic E-state index is -0.947. The summed E-state index contributed by atoms with van der Waals surface area (Å²) in [7, 11) is 0. The van der Waals surface area contributed by atoms with Crippen LogP contribution in [0.1, 0.15) is 26.2 Å². The second kappa shape index (κ2) is 4.64. The van der Waals surface area contributed by atoms with E-state index in [1.807, 2.05) is 0 Å². The van der Waals surface area contributed by atoms with Crippen molar-refractivity contribution in [3.8, 4) is 0 Å². The molecule has 0 aliphatic heterocycles. The number of carboxylic acid groups (broad SMARTS) is 2. The molecule has 0 amide bonds. The largest absolute Gasteiger partial charge is 0.480 e. The molecule has 3 saturated carbocycles. The van der Waals surface area contributed by atoms with Crippen LogP contribution in [0.15, 0.2) is 0 Å². The minimum Gasteiger partial charge on any atom is -0.480 e. The van der Waals surface area contributed by atoms with Gasteiger partial charge in [-0.1, -0.05) is 6.92 Å². The molecular formula is C12H19NO4. The smallest absolute Gasteiger partial charge is 0.317 e. The molecule has 0 radical (unpaired) electrons. The van der Waals surface area contributed by atoms with Crippen LogP contribution in [-0.2, 0) is 9.59 Å². The van der Waals surface area contributed by atoms with Gasteiger partial charge in [0.1, 0.15) is 0 Å². The molecule has 3 aliphatic rings. The lowest BCUT2D eigenvalue weighted by molar-refractivity contribution is -0.145. The lowest BCUT2D eigenvalue weighted by atomic mass is 9.58. The first kappa shape index (κ1) is 12.4. The van der Waals surface area contributed by atoms with Gasteiger partial charge in [0.2, 0.25) is 0 Å². The minimum absolute atomic E-state index is 0.125. The Morgan fingerprint density at radius 2 is 1.65 bits per heavy atom. The van der Waals surface area contributed by atoms with E-state index in [0.29, 0.717) is 17.8 Å². The number of rotatable bonds is 5. The maximum atomic E-state index is 10.8. The predicted molar refractivity (Wildman–Crippen MR) is 60.6 cm³/mol. The van der Waals surface area contributed by atoms with Crippen LogP contribution in [0.2, 0.25) is 0 Å². The van der Waals surface area contributed by atoms with Crippen LogP contribution < -0.4 is 0 Å². The fraction of sp³-hybridized carbons (Fsp3) is 0.833. The highest BCUT2D eigenvalue weighted by Crippen LogP contribution is 2.50. The first-order valence-corrected chi connectivity index (χ1v) is 6.15. The zero-order chi connectivity index (χ0) is 12.6. The molecule has 2 N–H and O–H groups in total. The second-order valence-electron chi connectivity index (χ2n) is 5.45. The molecule has 17 heavy (non-hydrogen) atoms. The van der Waals surface area contributed by atoms with E-state index >= 15 is 0 Å². The summed E-state index contributed by atoms with van der Waals surface area (Å²) >= 11 is 0. The van der Waals surface area contributed by atoms with Gasteiger partial charge >= 0.3 is 11.9 Å². The molecule has 5 heteroatoms. The van der Waals surface area contributed by atoms with Gasteiger partial charge in [0.15, 0.2) is 0 Å². The molecule has 5 nitrogen and oxygen atoms in total. The molecule has 0 spiro atoms. The van der Waals surface area contributed by atoms with E-state index in [9.17, 15) is 9.59 Å². The van der Waals surface area contributed by atoms with Crippen LogP contribution in [0.25, 0.3) is 0 Å². The molecule has 96 valence electrons. The summed E-state index contributed by atoms with van der Waals surface area (Å²) in [6, 6.07) is 0.125. The Morgan fingerprint density at radius 3 is 2.06 bits per heavy atom. The van der Waals surface area contributed by atoms with E-state index in [-0.39, 0.29) is 19.1 Å². The van der Waals surface area contributed by atoms with Gasteiger partial charge in [0, 0.05) is 6.04 Å². The Hall–Kier alpha value is -1.10. The molecule has 0 heterocycles. The van der Waals surface area contributed by atoms with Crippen LogP contribution in [0.4, 0.5) is 0 Å². The zero-order valence-corrected chi connectivity index (χ0v) is 10.0. The zero-order valence-electron chi connectivity index (χ0n) is 10.0. The summed E-state index contributed by atoms with van der Waals surface area (Å²) in [5, 5.41) is 17.7. The first-order valence-electron chi connectivity index (χ1n) is 6.15. The number of hydrogen-bond acceptors (Lipinski definition) is 3. The van der Waals surface area contributed by atoms with E-state index in [2.05, 4.69) is 6.92 Å². The van der Waals surface area contributed by atoms with Crippen molar-refractivity contribution in [2.45, 2.75) is 32.2 Å². The van der Waals surface area contributed by atoms with Gasteiger partial charge in [-0.05, 0) is 37.0 Å². The lowest BCUT2D eigenvalue weighted by Gasteiger charge is -2.52. The third-order valence-electron chi connectivity index (χ3n) is 4.34. The number of fused-ring (bicyclic) bond motifs is 2. The summed E-state index contributed by atoms with van der Waals surface area (Å²) in [4.78, 5) is 23.2. The van der Waals surface area contributed by atoms with Crippen LogP contribution in [0, 0.1) is 17.8 Å². The van der Waals surface area contributed by atoms with Gasteiger partial charge in [-0.2, -0.15) is 0 Å². The van der Waals surface area contributed by atoms with E-state index in [0.717, 1.165) is 6.42 Å². The Kier molecular flexibility index (Phi) is 3.38. The van der Waals surface area contributed by atoms with Gasteiger partial charge < -0.3 is 10.2 Å². The van der Waals surface area contributed by atoms with Crippen LogP contribution in [0.3, 0.4) is 0 Å². The van der Waals surface area contributed by atoms with Crippen molar-refractivity contribution in [2.75, 3.05) is 13.1 Å². The van der Waals surface area contributed by atoms with Crippen LogP contribution >= 0.6 is 0 Å². The fourth-order valence-corrected chi connectivity index (χ4v) is 3.40. The molecule has 0 aromatic carbocycles. The van der Waals surface area contributed by atoms with Gasteiger partial charge in [0.05, 0.1) is 13.1 Å². The van der Waals surface area contributed by atoms with Crippen molar-refractivity contribution in [1.82, 2.24) is 4.90 Å². The Balaban J connectivity index is 2.03. The predicted octanol–water partition coefficient (Wildman–Crippen LogP) is 0.892. The number of hydrogen-bond donors (Lipinski definition) is 2. The first-order chi connectivity index (χ1) is 7.97. The Bertz CT molecular complexity index is 308. The molecule has 0 aromatic heterocycles. The molecule has 3 fully saturated rings. The highest BCUT2D eigenvalue weighted by molar-refractivity contribution is 5.72. The summed E-state index contributed by atoms with van der Waals surface area (Å²) in [6.07, 6.45) is 3.44. The van der Waals surface area contributed by atoms with Crippen molar-refractivity contribution < 1.29 is 19.8 Å². The monoisotopic (exact) mass is 241 g/mol. The van der Waals surface area contributed by atoms with Crippen LogP contribution in [0.5, 0.6) is 0 Å². The van der Waals surface area contributed by atoms with Crippen molar-refractivity contribution in [3.63, 3.8) is 0 Å². The average molecular weight is 241 g/mol. The SMILES string of the molecule is C[C@H]1C2CC(C2)C[C@@H]1N(CC(=O)O)CC(=O)O. The summed E-state index contributed by atoms with van der Waals surface area (Å²) < 4.78 is 0. The quantitative estimate of drug-likeness (QED) is 0.747. The lowest BCUT2D eigenvalue weighted by Crippen LogP contribution is -2.54. The highest BCUT2D eigenvalue weighted by Gasteiger charge is 2.45. The van der Waals surface area contributed by atoms with Gasteiger partial charge in [-0.15, -0.1) is 0 Å². The Morgan fingerprint density at radius 1 is 1.12 bits per heavy atom. The molecule has 0 aromatic rings. The maximum Gasteiger partial charge on any atom is 0.317 e. The number of carbonyl (C=O) groups is 2. The van der Waals surface area contributed by atoms with Crippen molar-refractivity contribution in [2.24, 2.45) is 17.8 Å². The molecule has 2 bridgehead atoms. The van der Waals surface area contributed by atoms with Crippen molar-refractivity contribution in [3.05, 3.63) is 0 Å². The van der Waals surface area contributed by atoms with Gasteiger partial charge in [-0.3, -0.25) is 14.5 Å². The Labute approximate surface area is 100 Å². The second-order valence-corrected chi connectivity index (χ2v) is 5.45. The van der Waals surface area contributed by atoms with Gasteiger partial charge in [-0.25, -0.2) is 0 Å². The van der Waals surface area contributed by atoms with E-state index in [4.69, 9.17) is 10.2 Å². The number of nitrogens with zero attached hydrogens (tertiary/aromatic N) is 1. The summed E-state index contributed by atoms with van der Waals surface area (Å²) in [5.41, 5.74) is 0. The number of aliphatic carboxylic acids is 2. The summed E-state index contributed by atoms with van der Waals surface area (Å²) in [6.45, 7) is 1.79. The molecule has 0 unspecified atom stereocenters. The van der Waals surface area contributed by atoms with Crippen molar-refractivity contribution >= 4 is 11.9 Å². The topological polar surface area (TPSA) is 77.8 Å². The summed E-state index contributed by atoms with van der Waals surface area (Å²) in [5.74, 6) is -0.121. The van der Waals surface area contributed by atoms with E-state index in [1.54, 1.807) is 4.90 Å². The third kappa shape index (κ3) is 2.60. The highest BCUT2D eigenvalue weighted by atomic mass is 16.4. The maximum absolute atomic E-state index is 10.8. The van der Waals surface area contributed by atoms with E-state index < -0.39 is 11.9 Å². The average Bonchev–Trinajstić information content (AvgIpc) is 2.13. The third-order valence-corrected chi connectivity index (χ3v) is 4.34. The molecule has 3 rings (SSSR count). The van der Waals surface area contributed by atoms with Crippen molar-refractivity contribution in [1.29, 1.82) is 0 Å². The molecule has 2 atom stereocenters. The molecule has 0 saturated heterocycles. The van der Waals surface area contributed by atoms with Gasteiger partial charge in [0.25, 0.3) is 0 Å². The number of carboxylic acids is 2.